The number of phenolic OH excluding ortho intramolecular Hbond substituents is 1. The molecule has 2 atom stereocenters. The Morgan fingerprint density at radius 1 is 1.47 bits per heavy atom. The fourth-order valence-electron chi connectivity index (χ4n) is 2.19. The molecule has 0 aliphatic carbocycles. The van der Waals surface area contributed by atoms with Crippen LogP contribution >= 0.6 is 11.8 Å². The summed E-state index contributed by atoms with van der Waals surface area (Å²) in [5.41, 5.74) is 1.16. The summed E-state index contributed by atoms with van der Waals surface area (Å²) in [7, 11) is 0. The molecule has 1 fully saturated rings. The Bertz CT molecular complexity index is 350. The Morgan fingerprint density at radius 3 is 3.06 bits per heavy atom. The third kappa shape index (κ3) is 3.93. The van der Waals surface area contributed by atoms with Crippen LogP contribution in [0.3, 0.4) is 0 Å². The summed E-state index contributed by atoms with van der Waals surface area (Å²) in [5, 5.41) is 13.8. The minimum atomic E-state index is 0.310. The van der Waals surface area contributed by atoms with Crippen LogP contribution < -0.4 is 5.32 Å². The first kappa shape index (κ1) is 12.8. The van der Waals surface area contributed by atoms with Crippen molar-refractivity contribution in [3.8, 4) is 5.75 Å². The molecule has 0 amide bonds. The summed E-state index contributed by atoms with van der Waals surface area (Å²) in [5.74, 6) is 1.66. The molecule has 1 saturated heterocycles. The standard InChI is InChI=1S/C14H21NOS/c1-11(12-5-4-6-13(16)9-12)15-10-14-7-2-3-8-17-14/h4-6,9,11,14-16H,2-3,7-8,10H2,1H3. The zero-order valence-corrected chi connectivity index (χ0v) is 11.2. The maximum atomic E-state index is 9.45. The first-order valence-corrected chi connectivity index (χ1v) is 7.44. The summed E-state index contributed by atoms with van der Waals surface area (Å²) in [6, 6.07) is 7.83. The monoisotopic (exact) mass is 251 g/mol. The maximum Gasteiger partial charge on any atom is 0.115 e. The first-order valence-electron chi connectivity index (χ1n) is 6.39. The van der Waals surface area contributed by atoms with Crippen molar-refractivity contribution >= 4 is 11.8 Å². The van der Waals surface area contributed by atoms with Gasteiger partial charge in [-0.1, -0.05) is 18.6 Å². The lowest BCUT2D eigenvalue weighted by atomic mass is 10.1. The molecule has 0 aromatic heterocycles. The number of rotatable bonds is 4. The fraction of sp³-hybridized carbons (Fsp3) is 0.571. The highest BCUT2D eigenvalue weighted by molar-refractivity contribution is 7.99. The minimum absolute atomic E-state index is 0.310. The molecule has 2 rings (SSSR count). The lowest BCUT2D eigenvalue weighted by molar-refractivity contribution is 0.471. The Hall–Kier alpha value is -0.670. The number of hydrogen-bond donors (Lipinski definition) is 2. The van der Waals surface area contributed by atoms with Gasteiger partial charge in [0.2, 0.25) is 0 Å². The highest BCUT2D eigenvalue weighted by Crippen LogP contribution is 2.25. The van der Waals surface area contributed by atoms with Crippen LogP contribution in [0.15, 0.2) is 24.3 Å². The topological polar surface area (TPSA) is 32.3 Å². The highest BCUT2D eigenvalue weighted by Gasteiger charge is 2.15. The van der Waals surface area contributed by atoms with Gasteiger partial charge in [-0.3, -0.25) is 0 Å². The van der Waals surface area contributed by atoms with Gasteiger partial charge in [0.15, 0.2) is 0 Å². The number of phenols is 1. The van der Waals surface area contributed by atoms with Crippen molar-refractivity contribution in [2.75, 3.05) is 12.3 Å². The van der Waals surface area contributed by atoms with Crippen molar-refractivity contribution in [2.24, 2.45) is 0 Å². The largest absolute Gasteiger partial charge is 0.508 e. The van der Waals surface area contributed by atoms with Gasteiger partial charge in [0.05, 0.1) is 0 Å². The summed E-state index contributed by atoms with van der Waals surface area (Å²) in [6.07, 6.45) is 4.09. The molecule has 0 spiro atoms. The number of benzene rings is 1. The lowest BCUT2D eigenvalue weighted by Crippen LogP contribution is -2.28. The van der Waals surface area contributed by atoms with Crippen LogP contribution in [0.4, 0.5) is 0 Å². The molecule has 1 aliphatic rings. The Kier molecular flexibility index (Phi) is 4.75. The second kappa shape index (κ2) is 6.31. The molecule has 1 heterocycles. The predicted molar refractivity (Wildman–Crippen MR) is 74.6 cm³/mol. The normalized spacial score (nSPS) is 22.3. The maximum absolute atomic E-state index is 9.45. The lowest BCUT2D eigenvalue weighted by Gasteiger charge is -2.24. The van der Waals surface area contributed by atoms with E-state index in [0.717, 1.165) is 17.4 Å². The average Bonchev–Trinajstić information content (AvgIpc) is 2.37. The van der Waals surface area contributed by atoms with Crippen LogP contribution in [0.25, 0.3) is 0 Å². The first-order chi connectivity index (χ1) is 8.25. The fourth-order valence-corrected chi connectivity index (χ4v) is 3.44. The molecule has 1 aromatic rings. The van der Waals surface area contributed by atoms with E-state index in [1.807, 2.05) is 12.1 Å². The van der Waals surface area contributed by atoms with Gasteiger partial charge in [-0.2, -0.15) is 11.8 Å². The number of thioether (sulfide) groups is 1. The van der Waals surface area contributed by atoms with Crippen molar-refractivity contribution < 1.29 is 5.11 Å². The molecule has 0 bridgehead atoms. The van der Waals surface area contributed by atoms with Gasteiger partial charge in [-0.25, -0.2) is 0 Å². The van der Waals surface area contributed by atoms with Crippen molar-refractivity contribution in [3.63, 3.8) is 0 Å². The minimum Gasteiger partial charge on any atom is -0.508 e. The number of aromatic hydroxyl groups is 1. The SMILES string of the molecule is CC(NCC1CCCCS1)c1cccc(O)c1. The van der Waals surface area contributed by atoms with E-state index >= 15 is 0 Å². The summed E-state index contributed by atoms with van der Waals surface area (Å²) in [4.78, 5) is 0. The molecule has 2 nitrogen and oxygen atoms in total. The smallest absolute Gasteiger partial charge is 0.115 e. The van der Waals surface area contributed by atoms with E-state index in [4.69, 9.17) is 0 Å². The van der Waals surface area contributed by atoms with E-state index in [2.05, 4.69) is 30.1 Å². The average molecular weight is 251 g/mol. The highest BCUT2D eigenvalue weighted by atomic mass is 32.2. The van der Waals surface area contributed by atoms with Crippen LogP contribution in [-0.4, -0.2) is 22.7 Å². The van der Waals surface area contributed by atoms with Crippen molar-refractivity contribution in [2.45, 2.75) is 37.5 Å². The molecule has 1 aliphatic heterocycles. The molecule has 2 N–H and O–H groups in total. The Morgan fingerprint density at radius 2 is 2.35 bits per heavy atom. The molecule has 0 saturated carbocycles. The zero-order chi connectivity index (χ0) is 12.1. The molecule has 3 heteroatoms. The quantitative estimate of drug-likeness (QED) is 0.861. The van der Waals surface area contributed by atoms with Gasteiger partial charge in [0.1, 0.15) is 5.75 Å². The van der Waals surface area contributed by atoms with Crippen LogP contribution in [0, 0.1) is 0 Å². The van der Waals surface area contributed by atoms with E-state index in [1.165, 1.54) is 25.0 Å². The van der Waals surface area contributed by atoms with Gasteiger partial charge in [-0.05, 0) is 43.2 Å². The van der Waals surface area contributed by atoms with Gasteiger partial charge >= 0.3 is 0 Å². The third-order valence-corrected chi connectivity index (χ3v) is 4.69. The summed E-state index contributed by atoms with van der Waals surface area (Å²) < 4.78 is 0. The number of nitrogens with one attached hydrogen (secondary N) is 1. The van der Waals surface area contributed by atoms with Crippen molar-refractivity contribution in [3.05, 3.63) is 29.8 Å². The molecule has 2 unspecified atom stereocenters. The van der Waals surface area contributed by atoms with E-state index in [0.29, 0.717) is 11.8 Å². The van der Waals surface area contributed by atoms with Gasteiger partial charge in [0, 0.05) is 17.8 Å². The summed E-state index contributed by atoms with van der Waals surface area (Å²) >= 11 is 2.09. The number of hydrogen-bond acceptors (Lipinski definition) is 3. The van der Waals surface area contributed by atoms with Crippen LogP contribution in [-0.2, 0) is 0 Å². The Labute approximate surface area is 108 Å². The molecule has 0 radical (unpaired) electrons. The van der Waals surface area contributed by atoms with Gasteiger partial charge < -0.3 is 10.4 Å². The van der Waals surface area contributed by atoms with E-state index in [1.54, 1.807) is 6.07 Å². The van der Waals surface area contributed by atoms with Crippen LogP contribution in [0.5, 0.6) is 5.75 Å². The molecular formula is C14H21NOS. The third-order valence-electron chi connectivity index (χ3n) is 3.30. The predicted octanol–water partition coefficient (Wildman–Crippen LogP) is 3.33. The van der Waals surface area contributed by atoms with Crippen molar-refractivity contribution in [1.82, 2.24) is 5.32 Å². The molecular weight excluding hydrogens is 230 g/mol. The Balaban J connectivity index is 1.82. The van der Waals surface area contributed by atoms with Gasteiger partial charge in [-0.15, -0.1) is 0 Å². The van der Waals surface area contributed by atoms with Crippen LogP contribution in [0.1, 0.15) is 37.8 Å². The van der Waals surface area contributed by atoms with Gasteiger partial charge in [0.25, 0.3) is 0 Å². The van der Waals surface area contributed by atoms with E-state index in [-0.39, 0.29) is 0 Å². The molecule has 94 valence electrons. The second-order valence-electron chi connectivity index (χ2n) is 4.71. The second-order valence-corrected chi connectivity index (χ2v) is 6.12. The summed E-state index contributed by atoms with van der Waals surface area (Å²) in [6.45, 7) is 3.23. The van der Waals surface area contributed by atoms with E-state index < -0.39 is 0 Å². The van der Waals surface area contributed by atoms with E-state index in [9.17, 15) is 5.11 Å². The van der Waals surface area contributed by atoms with Crippen LogP contribution in [0.2, 0.25) is 0 Å². The molecule has 1 aromatic carbocycles. The van der Waals surface area contributed by atoms with Crippen molar-refractivity contribution in [1.29, 1.82) is 0 Å². The zero-order valence-electron chi connectivity index (χ0n) is 10.4. The molecule has 17 heavy (non-hydrogen) atoms.